The van der Waals surface area contributed by atoms with Crippen LogP contribution in [0.25, 0.3) is 0 Å². The van der Waals surface area contributed by atoms with Crippen molar-refractivity contribution in [2.24, 2.45) is 0 Å². The number of nitrogens with zero attached hydrogens (tertiary/aromatic N) is 2. The Hall–Kier alpha value is -2.37. The number of hydrogen-bond acceptors (Lipinski definition) is 4. The van der Waals surface area contributed by atoms with Crippen LogP contribution < -0.4 is 10.6 Å². The zero-order chi connectivity index (χ0) is 16.2. The Labute approximate surface area is 142 Å². The van der Waals surface area contributed by atoms with Crippen molar-refractivity contribution in [3.63, 3.8) is 0 Å². The van der Waals surface area contributed by atoms with Crippen LogP contribution in [-0.4, -0.2) is 9.97 Å². The minimum absolute atomic E-state index is 0.278. The van der Waals surface area contributed by atoms with Gasteiger partial charge in [-0.3, -0.25) is 0 Å². The van der Waals surface area contributed by atoms with Crippen molar-refractivity contribution in [1.82, 2.24) is 9.97 Å². The molecule has 3 rings (SSSR count). The van der Waals surface area contributed by atoms with Gasteiger partial charge in [0.05, 0.1) is 15.7 Å². The molecule has 2 aromatic carbocycles. The van der Waals surface area contributed by atoms with Gasteiger partial charge in [0, 0.05) is 11.9 Å². The summed E-state index contributed by atoms with van der Waals surface area (Å²) in [5, 5.41) is 6.83. The van der Waals surface area contributed by atoms with Crippen LogP contribution in [0.1, 0.15) is 0 Å². The molecule has 0 aliphatic rings. The van der Waals surface area contributed by atoms with E-state index in [4.69, 9.17) is 23.2 Å². The van der Waals surface area contributed by atoms with Crippen molar-refractivity contribution in [3.05, 3.63) is 70.6 Å². The molecule has 0 aliphatic carbocycles. The van der Waals surface area contributed by atoms with Gasteiger partial charge in [0.15, 0.2) is 0 Å². The molecule has 4 nitrogen and oxygen atoms in total. The number of benzene rings is 2. The molecule has 0 aliphatic heterocycles. The van der Waals surface area contributed by atoms with Crippen LogP contribution in [0.2, 0.25) is 10.0 Å². The Balaban J connectivity index is 1.79. The molecule has 0 unspecified atom stereocenters. The molecule has 1 aromatic heterocycles. The Morgan fingerprint density at radius 3 is 2.52 bits per heavy atom. The van der Waals surface area contributed by atoms with E-state index in [1.165, 1.54) is 6.07 Å². The van der Waals surface area contributed by atoms with E-state index in [0.717, 1.165) is 5.69 Å². The van der Waals surface area contributed by atoms with Gasteiger partial charge in [0.25, 0.3) is 0 Å². The largest absolute Gasteiger partial charge is 0.340 e. The maximum Gasteiger partial charge on any atom is 0.229 e. The quantitative estimate of drug-likeness (QED) is 0.661. The van der Waals surface area contributed by atoms with Gasteiger partial charge in [-0.25, -0.2) is 9.37 Å². The summed E-state index contributed by atoms with van der Waals surface area (Å²) in [5.74, 6) is 0.441. The van der Waals surface area contributed by atoms with Crippen LogP contribution in [-0.2, 0) is 0 Å². The van der Waals surface area contributed by atoms with Crippen molar-refractivity contribution in [3.8, 4) is 0 Å². The Morgan fingerprint density at radius 2 is 1.74 bits per heavy atom. The average Bonchev–Trinajstić information content (AvgIpc) is 2.54. The zero-order valence-electron chi connectivity index (χ0n) is 11.7. The van der Waals surface area contributed by atoms with Crippen LogP contribution >= 0.6 is 23.2 Å². The normalized spacial score (nSPS) is 10.4. The number of para-hydroxylation sites is 1. The Morgan fingerprint density at radius 1 is 0.913 bits per heavy atom. The third-order valence-corrected chi connectivity index (χ3v) is 3.71. The molecular weight excluding hydrogens is 338 g/mol. The molecule has 0 atom stereocenters. The highest BCUT2D eigenvalue weighted by Gasteiger charge is 2.05. The molecule has 0 saturated carbocycles. The third kappa shape index (κ3) is 3.88. The lowest BCUT2D eigenvalue weighted by molar-refractivity contribution is 0.631. The number of nitrogens with one attached hydrogen (secondary N) is 2. The molecule has 1 heterocycles. The molecule has 116 valence electrons. The van der Waals surface area contributed by atoms with E-state index >= 15 is 0 Å². The zero-order valence-corrected chi connectivity index (χ0v) is 13.2. The lowest BCUT2D eigenvalue weighted by Crippen LogP contribution is -2.01. The predicted molar refractivity (Wildman–Crippen MR) is 91.5 cm³/mol. The van der Waals surface area contributed by atoms with Crippen LogP contribution in [0.3, 0.4) is 0 Å². The highest BCUT2D eigenvalue weighted by Crippen LogP contribution is 2.26. The first-order chi connectivity index (χ1) is 11.1. The Kier molecular flexibility index (Phi) is 4.60. The maximum absolute atomic E-state index is 13.6. The fourth-order valence-electron chi connectivity index (χ4n) is 1.89. The lowest BCUT2D eigenvalue weighted by Gasteiger charge is -2.09. The van der Waals surface area contributed by atoms with E-state index in [0.29, 0.717) is 21.6 Å². The van der Waals surface area contributed by atoms with Gasteiger partial charge in [0.1, 0.15) is 11.6 Å². The van der Waals surface area contributed by atoms with Crippen molar-refractivity contribution in [2.75, 3.05) is 10.6 Å². The summed E-state index contributed by atoms with van der Waals surface area (Å²) in [7, 11) is 0. The monoisotopic (exact) mass is 348 g/mol. The number of halogens is 3. The summed E-state index contributed by atoms with van der Waals surface area (Å²) >= 11 is 11.9. The number of hydrogen-bond donors (Lipinski definition) is 2. The second-order valence-corrected chi connectivity index (χ2v) is 5.44. The van der Waals surface area contributed by atoms with E-state index in [9.17, 15) is 4.39 Å². The average molecular weight is 349 g/mol. The van der Waals surface area contributed by atoms with Crippen LogP contribution in [0.15, 0.2) is 54.7 Å². The molecule has 0 spiro atoms. The topological polar surface area (TPSA) is 49.8 Å². The summed E-state index contributed by atoms with van der Waals surface area (Å²) in [6.07, 6.45) is 1.57. The molecule has 2 N–H and O–H groups in total. The van der Waals surface area contributed by atoms with Crippen LogP contribution in [0.5, 0.6) is 0 Å². The standard InChI is InChI=1S/C16H11Cl2FN4/c17-11-6-5-10(9-12(11)18)21-15-7-8-20-16(23-15)22-14-4-2-1-3-13(14)19/h1-9H,(H2,20,21,22,23). The number of anilines is 4. The Bertz CT molecular complexity index is 842. The SMILES string of the molecule is Fc1ccccc1Nc1nccc(Nc2ccc(Cl)c(Cl)c2)n1. The fraction of sp³-hybridized carbons (Fsp3) is 0. The highest BCUT2D eigenvalue weighted by molar-refractivity contribution is 6.42. The molecule has 23 heavy (non-hydrogen) atoms. The van der Waals surface area contributed by atoms with Crippen molar-refractivity contribution in [2.45, 2.75) is 0 Å². The molecule has 0 bridgehead atoms. The summed E-state index contributed by atoms with van der Waals surface area (Å²) in [4.78, 5) is 8.35. The van der Waals surface area contributed by atoms with Gasteiger partial charge < -0.3 is 10.6 Å². The van der Waals surface area contributed by atoms with Gasteiger partial charge in [-0.15, -0.1) is 0 Å². The minimum atomic E-state index is -0.376. The number of rotatable bonds is 4. The first-order valence-corrected chi connectivity index (χ1v) is 7.44. The molecule has 3 aromatic rings. The summed E-state index contributed by atoms with van der Waals surface area (Å²) in [6.45, 7) is 0. The molecule has 0 radical (unpaired) electrons. The van der Waals surface area contributed by atoms with Crippen molar-refractivity contribution < 1.29 is 4.39 Å². The van der Waals surface area contributed by atoms with Crippen molar-refractivity contribution in [1.29, 1.82) is 0 Å². The number of aromatic nitrogens is 2. The van der Waals surface area contributed by atoms with E-state index in [2.05, 4.69) is 20.6 Å². The summed E-state index contributed by atoms with van der Waals surface area (Å²) in [6, 6.07) is 13.2. The van der Waals surface area contributed by atoms with Gasteiger partial charge in [-0.05, 0) is 36.4 Å². The molecule has 7 heteroatoms. The van der Waals surface area contributed by atoms with Crippen LogP contribution in [0, 0.1) is 5.82 Å². The van der Waals surface area contributed by atoms with E-state index in [-0.39, 0.29) is 11.8 Å². The third-order valence-electron chi connectivity index (χ3n) is 2.97. The van der Waals surface area contributed by atoms with Gasteiger partial charge in [0.2, 0.25) is 5.95 Å². The smallest absolute Gasteiger partial charge is 0.229 e. The molecular formula is C16H11Cl2FN4. The van der Waals surface area contributed by atoms with E-state index in [1.807, 2.05) is 0 Å². The van der Waals surface area contributed by atoms with Gasteiger partial charge in [-0.2, -0.15) is 4.98 Å². The second-order valence-electron chi connectivity index (χ2n) is 4.62. The summed E-state index contributed by atoms with van der Waals surface area (Å²) in [5.41, 5.74) is 1.04. The van der Waals surface area contributed by atoms with E-state index in [1.54, 1.807) is 48.7 Å². The first kappa shape index (κ1) is 15.5. The predicted octanol–water partition coefficient (Wildman–Crippen LogP) is 5.41. The summed E-state index contributed by atoms with van der Waals surface area (Å²) < 4.78 is 13.6. The fourth-order valence-corrected chi connectivity index (χ4v) is 2.19. The van der Waals surface area contributed by atoms with Gasteiger partial charge >= 0.3 is 0 Å². The molecule has 0 amide bonds. The van der Waals surface area contributed by atoms with E-state index < -0.39 is 0 Å². The minimum Gasteiger partial charge on any atom is -0.340 e. The van der Waals surface area contributed by atoms with Crippen molar-refractivity contribution >= 4 is 46.3 Å². The molecule has 0 fully saturated rings. The second kappa shape index (κ2) is 6.81. The highest BCUT2D eigenvalue weighted by atomic mass is 35.5. The maximum atomic E-state index is 13.6. The van der Waals surface area contributed by atoms with Crippen LogP contribution in [0.4, 0.5) is 27.5 Å². The molecule has 0 saturated heterocycles. The lowest BCUT2D eigenvalue weighted by atomic mass is 10.3. The first-order valence-electron chi connectivity index (χ1n) is 6.68. The van der Waals surface area contributed by atoms with Gasteiger partial charge in [-0.1, -0.05) is 35.3 Å².